The zero-order valence-corrected chi connectivity index (χ0v) is 9.69. The van der Waals surface area contributed by atoms with Crippen molar-refractivity contribution in [1.82, 2.24) is 4.98 Å². The maximum atomic E-state index is 11.5. The van der Waals surface area contributed by atoms with Gasteiger partial charge in [-0.15, -0.1) is 0 Å². The molecular weight excluding hydrogens is 218 g/mol. The second-order valence-electron chi connectivity index (χ2n) is 4.03. The predicted molar refractivity (Wildman–Crippen MR) is 64.5 cm³/mol. The third-order valence-electron chi connectivity index (χ3n) is 2.40. The average molecular weight is 231 g/mol. The van der Waals surface area contributed by atoms with Gasteiger partial charge in [-0.2, -0.15) is 0 Å². The summed E-state index contributed by atoms with van der Waals surface area (Å²) in [6.07, 6.45) is 1.86. The second kappa shape index (κ2) is 4.41. The molecule has 1 aromatic heterocycles. The summed E-state index contributed by atoms with van der Waals surface area (Å²) in [5, 5.41) is 0.665. The number of carbonyl (C=O) groups excluding carboxylic acids is 2. The van der Waals surface area contributed by atoms with Gasteiger partial charge in [-0.3, -0.25) is 9.59 Å². The Balaban J connectivity index is 2.63. The van der Waals surface area contributed by atoms with Crippen molar-refractivity contribution in [2.24, 2.45) is 0 Å². The highest BCUT2D eigenvalue weighted by atomic mass is 16.5. The van der Waals surface area contributed by atoms with Crippen molar-refractivity contribution in [1.29, 1.82) is 0 Å². The molecule has 0 radical (unpaired) electrons. The molecule has 0 amide bonds. The lowest BCUT2D eigenvalue weighted by molar-refractivity contribution is -0.104. The molecule has 1 heterocycles. The van der Waals surface area contributed by atoms with Gasteiger partial charge in [-0.05, 0) is 26.0 Å². The van der Waals surface area contributed by atoms with Crippen LogP contribution in [0.3, 0.4) is 0 Å². The van der Waals surface area contributed by atoms with Crippen LogP contribution in [-0.4, -0.2) is 23.2 Å². The number of nitrogens with one attached hydrogen (secondary N) is 1. The number of ketones is 1. The summed E-state index contributed by atoms with van der Waals surface area (Å²) in [4.78, 5) is 25.0. The Kier molecular flexibility index (Phi) is 2.95. The van der Waals surface area contributed by atoms with Gasteiger partial charge >= 0.3 is 0 Å². The molecule has 0 spiro atoms. The molecule has 0 aliphatic carbocycles. The Morgan fingerprint density at radius 2 is 2.18 bits per heavy atom. The lowest BCUT2D eigenvalue weighted by Crippen LogP contribution is -2.07. The van der Waals surface area contributed by atoms with Gasteiger partial charge in [0.15, 0.2) is 6.29 Å². The van der Waals surface area contributed by atoms with Gasteiger partial charge in [0.2, 0.25) is 5.78 Å². The maximum Gasteiger partial charge on any atom is 0.227 e. The van der Waals surface area contributed by atoms with Crippen molar-refractivity contribution < 1.29 is 14.3 Å². The minimum Gasteiger partial charge on any atom is -0.490 e. The van der Waals surface area contributed by atoms with E-state index in [2.05, 4.69) is 4.98 Å². The molecule has 0 atom stereocenters. The quantitative estimate of drug-likeness (QED) is 0.499. The number of hydrogen-bond donors (Lipinski definition) is 1. The molecule has 4 heteroatoms. The molecule has 2 aromatic rings. The molecule has 1 aromatic carbocycles. The van der Waals surface area contributed by atoms with E-state index in [1.54, 1.807) is 6.07 Å². The number of benzene rings is 1. The highest BCUT2D eigenvalue weighted by Gasteiger charge is 2.15. The molecule has 0 fully saturated rings. The standard InChI is InChI=1S/C13H13NO3/c1-8(2)17-12-5-3-4-10-13(12)9(6-14-10)11(16)7-15/h3-8,14H,1-2H3. The fourth-order valence-electron chi connectivity index (χ4n) is 1.76. The molecule has 0 aliphatic heterocycles. The second-order valence-corrected chi connectivity index (χ2v) is 4.03. The Morgan fingerprint density at radius 3 is 2.82 bits per heavy atom. The van der Waals surface area contributed by atoms with Crippen LogP contribution in [0.25, 0.3) is 10.9 Å². The molecule has 4 nitrogen and oxygen atoms in total. The van der Waals surface area contributed by atoms with E-state index < -0.39 is 5.78 Å². The first-order valence-electron chi connectivity index (χ1n) is 5.39. The van der Waals surface area contributed by atoms with Gasteiger partial charge in [0.05, 0.1) is 17.1 Å². The predicted octanol–water partition coefficient (Wildman–Crippen LogP) is 2.34. The van der Waals surface area contributed by atoms with Crippen molar-refractivity contribution in [3.8, 4) is 5.75 Å². The first kappa shape index (κ1) is 11.4. The number of ether oxygens (including phenoxy) is 1. The third kappa shape index (κ3) is 2.06. The average Bonchev–Trinajstić information content (AvgIpc) is 2.72. The minimum absolute atomic E-state index is 0.00897. The Hall–Kier alpha value is -2.10. The Labute approximate surface area is 98.6 Å². The highest BCUT2D eigenvalue weighted by molar-refractivity contribution is 6.36. The summed E-state index contributed by atoms with van der Waals surface area (Å²) >= 11 is 0. The fourth-order valence-corrected chi connectivity index (χ4v) is 1.76. The van der Waals surface area contributed by atoms with Gasteiger partial charge in [-0.25, -0.2) is 0 Å². The van der Waals surface area contributed by atoms with E-state index in [0.29, 0.717) is 23.0 Å². The number of rotatable bonds is 4. The SMILES string of the molecule is CC(C)Oc1cccc2[nH]cc(C(=O)C=O)c12. The first-order valence-corrected chi connectivity index (χ1v) is 5.39. The van der Waals surface area contributed by atoms with Crippen LogP contribution in [-0.2, 0) is 4.79 Å². The van der Waals surface area contributed by atoms with Crippen molar-refractivity contribution >= 4 is 23.0 Å². The lowest BCUT2D eigenvalue weighted by Gasteiger charge is -2.11. The Morgan fingerprint density at radius 1 is 1.41 bits per heavy atom. The van der Waals surface area contributed by atoms with E-state index in [-0.39, 0.29) is 6.10 Å². The van der Waals surface area contributed by atoms with Gasteiger partial charge in [0, 0.05) is 11.7 Å². The topological polar surface area (TPSA) is 59.2 Å². The summed E-state index contributed by atoms with van der Waals surface area (Å²) in [6, 6.07) is 5.47. The molecule has 2 rings (SSSR count). The van der Waals surface area contributed by atoms with E-state index in [1.807, 2.05) is 26.0 Å². The molecule has 0 unspecified atom stereocenters. The van der Waals surface area contributed by atoms with Crippen molar-refractivity contribution in [2.75, 3.05) is 0 Å². The minimum atomic E-state index is -0.545. The zero-order valence-electron chi connectivity index (χ0n) is 9.69. The summed E-state index contributed by atoms with van der Waals surface area (Å²) < 4.78 is 5.63. The van der Waals surface area contributed by atoms with Gasteiger partial charge < -0.3 is 9.72 Å². The smallest absolute Gasteiger partial charge is 0.227 e. The number of aromatic nitrogens is 1. The van der Waals surface area contributed by atoms with Gasteiger partial charge in [0.1, 0.15) is 5.75 Å². The highest BCUT2D eigenvalue weighted by Crippen LogP contribution is 2.29. The van der Waals surface area contributed by atoms with Crippen molar-refractivity contribution in [3.63, 3.8) is 0 Å². The molecular formula is C13H13NO3. The van der Waals surface area contributed by atoms with Crippen LogP contribution >= 0.6 is 0 Å². The van der Waals surface area contributed by atoms with Crippen LogP contribution in [0.15, 0.2) is 24.4 Å². The van der Waals surface area contributed by atoms with Crippen molar-refractivity contribution in [3.05, 3.63) is 30.0 Å². The number of hydrogen-bond acceptors (Lipinski definition) is 3. The molecule has 0 saturated heterocycles. The molecule has 0 aliphatic rings. The van der Waals surface area contributed by atoms with Crippen LogP contribution in [0.1, 0.15) is 24.2 Å². The van der Waals surface area contributed by atoms with Crippen LogP contribution < -0.4 is 4.74 Å². The number of fused-ring (bicyclic) bond motifs is 1. The number of aromatic amines is 1. The van der Waals surface area contributed by atoms with E-state index in [0.717, 1.165) is 5.52 Å². The van der Waals surface area contributed by atoms with E-state index >= 15 is 0 Å². The van der Waals surface area contributed by atoms with Gasteiger partial charge in [-0.1, -0.05) is 6.07 Å². The summed E-state index contributed by atoms with van der Waals surface area (Å²) in [5.74, 6) is 0.0695. The lowest BCUT2D eigenvalue weighted by atomic mass is 10.1. The fraction of sp³-hybridized carbons (Fsp3) is 0.231. The molecule has 88 valence electrons. The monoisotopic (exact) mass is 231 g/mol. The van der Waals surface area contributed by atoms with Gasteiger partial charge in [0.25, 0.3) is 0 Å². The van der Waals surface area contributed by atoms with Crippen molar-refractivity contribution in [2.45, 2.75) is 20.0 Å². The van der Waals surface area contributed by atoms with Crippen LogP contribution in [0.4, 0.5) is 0 Å². The van der Waals surface area contributed by atoms with Crippen LogP contribution in [0.2, 0.25) is 0 Å². The third-order valence-corrected chi connectivity index (χ3v) is 2.40. The van der Waals surface area contributed by atoms with E-state index in [9.17, 15) is 9.59 Å². The Bertz CT molecular complexity index is 569. The largest absolute Gasteiger partial charge is 0.490 e. The van der Waals surface area contributed by atoms with E-state index in [1.165, 1.54) is 6.20 Å². The number of H-pyrrole nitrogens is 1. The zero-order chi connectivity index (χ0) is 12.4. The molecule has 0 saturated carbocycles. The summed E-state index contributed by atoms with van der Waals surface area (Å²) in [5.41, 5.74) is 1.14. The number of carbonyl (C=O) groups is 2. The number of aldehydes is 1. The summed E-state index contributed by atoms with van der Waals surface area (Å²) in [7, 11) is 0. The molecule has 0 bridgehead atoms. The summed E-state index contributed by atoms with van der Waals surface area (Å²) in [6.45, 7) is 3.82. The normalized spacial score (nSPS) is 10.8. The van der Waals surface area contributed by atoms with Crippen LogP contribution in [0.5, 0.6) is 5.75 Å². The number of Topliss-reactive ketones (excluding diaryl/α,β-unsaturated/α-hetero) is 1. The van der Waals surface area contributed by atoms with E-state index in [4.69, 9.17) is 4.74 Å². The first-order chi connectivity index (χ1) is 8.13. The van der Waals surface area contributed by atoms with Crippen LogP contribution in [0, 0.1) is 0 Å². The molecule has 1 N–H and O–H groups in total. The molecule has 17 heavy (non-hydrogen) atoms. The maximum absolute atomic E-state index is 11.5.